The van der Waals surface area contributed by atoms with Gasteiger partial charge in [-0.2, -0.15) is 0 Å². The first-order valence-electron chi connectivity index (χ1n) is 25.1. The SMILES string of the molecule is COc1cc(F)ccc1[C@H](C(C)C)C(C)N(C(=O)c1nccc(OC)c1OCOC(=O)C(C)C)[C@@H](C)C(=O)O.COc1cc(F)ccc1[C@H](C(C)C)[C@H](C)OC(=O)[C@H](C)NC(=O)c1nccc(OC)c1OCOC(=O)C(C)C. The van der Waals surface area contributed by atoms with E-state index in [1.54, 1.807) is 53.7 Å². The molecule has 2 aromatic heterocycles. The second-order valence-electron chi connectivity index (χ2n) is 19.3. The minimum atomic E-state index is -1.28. The predicted octanol–water partition coefficient (Wildman–Crippen LogP) is 8.78. The van der Waals surface area contributed by atoms with Crippen LogP contribution >= 0.6 is 0 Å². The molecule has 2 amide bonds. The van der Waals surface area contributed by atoms with E-state index in [-0.39, 0.29) is 63.8 Å². The van der Waals surface area contributed by atoms with E-state index in [0.29, 0.717) is 16.9 Å². The first kappa shape index (κ1) is 64.5. The highest BCUT2D eigenvalue weighted by atomic mass is 19.1. The number of carbonyl (C=O) groups excluding carboxylic acids is 5. The summed E-state index contributed by atoms with van der Waals surface area (Å²) >= 11 is 0. The highest BCUT2D eigenvalue weighted by Crippen LogP contribution is 2.40. The van der Waals surface area contributed by atoms with Gasteiger partial charge in [-0.3, -0.25) is 19.2 Å². The van der Waals surface area contributed by atoms with Crippen LogP contribution in [-0.2, 0) is 33.4 Å². The normalized spacial score (nSPS) is 13.4. The van der Waals surface area contributed by atoms with Gasteiger partial charge in [0.25, 0.3) is 11.8 Å². The zero-order valence-electron chi connectivity index (χ0n) is 47.1. The van der Waals surface area contributed by atoms with E-state index in [9.17, 15) is 42.7 Å². The lowest BCUT2D eigenvalue weighted by Crippen LogP contribution is -2.51. The average molecular weight is 1100 g/mol. The summed E-state index contributed by atoms with van der Waals surface area (Å²) in [6, 6.07) is 8.23. The lowest BCUT2D eigenvalue weighted by atomic mass is 9.81. The van der Waals surface area contributed by atoms with Gasteiger partial charge in [0.2, 0.25) is 13.6 Å². The lowest BCUT2D eigenvalue weighted by Gasteiger charge is -2.39. The molecule has 1 unspecified atom stereocenters. The number of rotatable bonds is 26. The van der Waals surface area contributed by atoms with Crippen molar-refractivity contribution < 1.29 is 85.3 Å². The molecule has 20 nitrogen and oxygen atoms in total. The zero-order chi connectivity index (χ0) is 58.7. The Kier molecular flexibility index (Phi) is 25.0. The number of aromatic nitrogens is 2. The third-order valence-electron chi connectivity index (χ3n) is 12.4. The molecule has 78 heavy (non-hydrogen) atoms. The van der Waals surface area contributed by atoms with Crippen LogP contribution in [0.15, 0.2) is 60.9 Å². The second kappa shape index (κ2) is 30.2. The number of nitrogens with one attached hydrogen (secondary N) is 1. The summed E-state index contributed by atoms with van der Waals surface area (Å²) in [6.07, 6.45) is 2.05. The molecular weight excluding hydrogens is 1020 g/mol. The number of hydrogen-bond acceptors (Lipinski definition) is 17. The molecule has 4 aromatic rings. The van der Waals surface area contributed by atoms with Crippen LogP contribution in [-0.4, -0.2) is 122 Å². The van der Waals surface area contributed by atoms with Crippen molar-refractivity contribution in [2.75, 3.05) is 42.0 Å². The Balaban J connectivity index is 0.000000410. The first-order valence-corrected chi connectivity index (χ1v) is 25.1. The fourth-order valence-corrected chi connectivity index (χ4v) is 8.46. The standard InChI is InChI=1S/2C28H37FN2O8/c1-15(2)23(20-10-9-19(29)13-22(20)36-8)18(6)39-28(34)17(5)31-26(32)24-25(21(35-7)11-12-30-24)37-14-38-27(33)16(3)4;1-15(2)23(20-10-9-19(29)13-22(20)37-8)17(5)31(18(6)27(33)34)26(32)24-25(21(36-7)11-12-30-24)38-14-39-28(35)16(3)4/h9-13,15-18,23H,14H2,1-8H3,(H,31,32);9-13,15-18,23H,14H2,1-8H3,(H,33,34)/t17-,18-,23+;17?,18-,23+/m00/s1. The van der Waals surface area contributed by atoms with Crippen LogP contribution < -0.4 is 33.7 Å². The summed E-state index contributed by atoms with van der Waals surface area (Å²) < 4.78 is 76.0. The summed E-state index contributed by atoms with van der Waals surface area (Å²) in [6.45, 7) is 19.8. The number of ether oxygens (including phenoxy) is 9. The topological polar surface area (TPSA) is 247 Å². The Morgan fingerprint density at radius 1 is 0.577 bits per heavy atom. The number of pyridine rings is 2. The molecule has 0 fully saturated rings. The molecule has 4 rings (SSSR count). The number of nitrogens with zero attached hydrogens (tertiary/aromatic N) is 3. The predicted molar refractivity (Wildman–Crippen MR) is 281 cm³/mol. The monoisotopic (exact) mass is 1100 g/mol. The smallest absolute Gasteiger partial charge is 0.328 e. The van der Waals surface area contributed by atoms with Crippen molar-refractivity contribution in [1.29, 1.82) is 0 Å². The van der Waals surface area contributed by atoms with Gasteiger partial charge in [-0.15, -0.1) is 0 Å². The molecule has 0 aliphatic rings. The summed E-state index contributed by atoms with van der Waals surface area (Å²) in [5.74, 6) is -6.08. The van der Waals surface area contributed by atoms with Crippen molar-refractivity contribution in [1.82, 2.24) is 20.2 Å². The fourth-order valence-electron chi connectivity index (χ4n) is 8.46. The van der Waals surface area contributed by atoms with Gasteiger partial charge in [0.05, 0.1) is 40.3 Å². The van der Waals surface area contributed by atoms with Gasteiger partial charge in [-0.05, 0) is 57.2 Å². The molecule has 2 N–H and O–H groups in total. The lowest BCUT2D eigenvalue weighted by molar-refractivity contribution is -0.155. The van der Waals surface area contributed by atoms with E-state index in [0.717, 1.165) is 0 Å². The van der Waals surface area contributed by atoms with Crippen molar-refractivity contribution in [2.24, 2.45) is 23.7 Å². The zero-order valence-corrected chi connectivity index (χ0v) is 47.1. The number of carboxylic acids is 1. The number of carbonyl (C=O) groups is 6. The summed E-state index contributed by atoms with van der Waals surface area (Å²) in [7, 11) is 5.61. The van der Waals surface area contributed by atoms with Crippen molar-refractivity contribution in [3.8, 4) is 34.5 Å². The van der Waals surface area contributed by atoms with Gasteiger partial charge in [0.1, 0.15) is 41.3 Å². The number of carboxylic acid groups (broad SMARTS) is 1. The third-order valence-corrected chi connectivity index (χ3v) is 12.4. The number of benzene rings is 2. The number of methoxy groups -OCH3 is 4. The average Bonchev–Trinajstić information content (AvgIpc) is 3.39. The molecule has 428 valence electrons. The van der Waals surface area contributed by atoms with Gasteiger partial charge < -0.3 is 58.0 Å². The molecule has 0 aliphatic heterocycles. The van der Waals surface area contributed by atoms with Gasteiger partial charge in [-0.25, -0.2) is 28.3 Å². The molecule has 6 atom stereocenters. The summed E-state index contributed by atoms with van der Waals surface area (Å²) in [5, 5.41) is 12.5. The Labute approximate surface area is 454 Å². The Bertz CT molecular complexity index is 2680. The largest absolute Gasteiger partial charge is 0.496 e. The summed E-state index contributed by atoms with van der Waals surface area (Å²) in [4.78, 5) is 85.3. The minimum Gasteiger partial charge on any atom is -0.496 e. The van der Waals surface area contributed by atoms with E-state index < -0.39 is 97.0 Å². The van der Waals surface area contributed by atoms with Crippen LogP contribution in [0.25, 0.3) is 0 Å². The molecule has 0 bridgehead atoms. The molecule has 22 heteroatoms. The molecule has 0 saturated carbocycles. The fraction of sp³-hybridized carbons (Fsp3) is 0.500. The second-order valence-corrected chi connectivity index (χ2v) is 19.3. The van der Waals surface area contributed by atoms with Crippen molar-refractivity contribution in [3.05, 3.63) is 95.1 Å². The van der Waals surface area contributed by atoms with E-state index in [2.05, 4.69) is 15.3 Å². The molecular formula is C56H74F2N4O16. The number of esters is 3. The summed E-state index contributed by atoms with van der Waals surface area (Å²) in [5.41, 5.74) is 0.932. The molecule has 2 aromatic carbocycles. The molecule has 0 spiro atoms. The molecule has 0 saturated heterocycles. The minimum absolute atomic E-state index is 0.0162. The molecule has 0 radical (unpaired) electrons. The van der Waals surface area contributed by atoms with Crippen molar-refractivity contribution in [3.63, 3.8) is 0 Å². The third kappa shape index (κ3) is 17.1. The molecule has 0 aliphatic carbocycles. The highest BCUT2D eigenvalue weighted by Gasteiger charge is 2.40. The van der Waals surface area contributed by atoms with Crippen molar-refractivity contribution in [2.45, 2.75) is 119 Å². The Morgan fingerprint density at radius 2 is 1.00 bits per heavy atom. The maximum Gasteiger partial charge on any atom is 0.328 e. The quantitative estimate of drug-likeness (QED) is 0.0339. The van der Waals surface area contributed by atoms with Crippen LogP contribution in [0.4, 0.5) is 8.78 Å². The van der Waals surface area contributed by atoms with Crippen LogP contribution in [0.2, 0.25) is 0 Å². The van der Waals surface area contributed by atoms with Crippen LogP contribution in [0.5, 0.6) is 34.5 Å². The maximum atomic E-state index is 14.1. The van der Waals surface area contributed by atoms with Gasteiger partial charge in [-0.1, -0.05) is 67.5 Å². The van der Waals surface area contributed by atoms with Gasteiger partial charge >= 0.3 is 23.9 Å². The Morgan fingerprint density at radius 3 is 1.41 bits per heavy atom. The van der Waals surface area contributed by atoms with Crippen molar-refractivity contribution >= 4 is 35.7 Å². The van der Waals surface area contributed by atoms with Gasteiger partial charge in [0, 0.05) is 60.1 Å². The number of amides is 2. The number of halogens is 2. The van der Waals surface area contributed by atoms with E-state index in [1.165, 1.54) is 96.0 Å². The van der Waals surface area contributed by atoms with Crippen LogP contribution in [0.1, 0.15) is 127 Å². The van der Waals surface area contributed by atoms with E-state index in [4.69, 9.17) is 42.6 Å². The first-order chi connectivity index (χ1) is 36.8. The van der Waals surface area contributed by atoms with Crippen LogP contribution in [0.3, 0.4) is 0 Å². The maximum absolute atomic E-state index is 14.1. The van der Waals surface area contributed by atoms with Gasteiger partial charge in [0.15, 0.2) is 34.4 Å². The highest BCUT2D eigenvalue weighted by molar-refractivity contribution is 5.99. The van der Waals surface area contributed by atoms with E-state index in [1.807, 2.05) is 27.7 Å². The van der Waals surface area contributed by atoms with E-state index >= 15 is 0 Å². The number of hydrogen-bond donors (Lipinski definition) is 2. The molecule has 2 heterocycles. The number of aliphatic carboxylic acids is 1. The van der Waals surface area contributed by atoms with Crippen LogP contribution in [0, 0.1) is 35.3 Å². The Hall–Kier alpha value is -7.78.